The summed E-state index contributed by atoms with van der Waals surface area (Å²) in [6.45, 7) is 0. The predicted molar refractivity (Wildman–Crippen MR) is 134 cm³/mol. The third-order valence-corrected chi connectivity index (χ3v) is 6.42. The number of carbonyl (C=O) groups excluding carboxylic acids is 2. The summed E-state index contributed by atoms with van der Waals surface area (Å²) >= 11 is 0. The first-order valence-corrected chi connectivity index (χ1v) is 11.5. The number of amides is 1. The number of nitrogens with one attached hydrogen (secondary N) is 1. The van der Waals surface area contributed by atoms with Crippen molar-refractivity contribution in [2.75, 3.05) is 7.11 Å². The minimum atomic E-state index is -1.38. The van der Waals surface area contributed by atoms with Crippen LogP contribution in [0.4, 0.5) is 0 Å². The van der Waals surface area contributed by atoms with Crippen molar-refractivity contribution >= 4 is 11.9 Å². The van der Waals surface area contributed by atoms with Crippen LogP contribution in [0, 0.1) is 0 Å². The molecule has 1 N–H and O–H groups in total. The Morgan fingerprint density at radius 1 is 0.886 bits per heavy atom. The highest BCUT2D eigenvalue weighted by Gasteiger charge is 2.54. The van der Waals surface area contributed by atoms with Gasteiger partial charge in [0.25, 0.3) is 5.91 Å². The SMILES string of the molecule is COc1ccc2c(c1)OC(=O)[C@@](Cc1ccccc1)(NC(=O)c1ccccc1)[C@H]2c1ccccc1. The Balaban J connectivity index is 1.71. The summed E-state index contributed by atoms with van der Waals surface area (Å²) in [5, 5.41) is 3.12. The second-order valence-corrected chi connectivity index (χ2v) is 8.59. The smallest absolute Gasteiger partial charge is 0.338 e. The van der Waals surface area contributed by atoms with Crippen LogP contribution in [-0.2, 0) is 11.2 Å². The number of hydrogen-bond donors (Lipinski definition) is 1. The molecule has 4 aromatic rings. The molecule has 0 saturated carbocycles. The molecule has 5 nitrogen and oxygen atoms in total. The van der Waals surface area contributed by atoms with Gasteiger partial charge in [0.2, 0.25) is 0 Å². The molecule has 0 aliphatic carbocycles. The number of rotatable bonds is 6. The highest BCUT2D eigenvalue weighted by molar-refractivity contribution is 6.00. The molecule has 1 aliphatic rings. The van der Waals surface area contributed by atoms with E-state index in [1.54, 1.807) is 37.4 Å². The van der Waals surface area contributed by atoms with Crippen LogP contribution in [0.3, 0.4) is 0 Å². The summed E-state index contributed by atoms with van der Waals surface area (Å²) in [5.41, 5.74) is 1.72. The Morgan fingerprint density at radius 2 is 1.51 bits per heavy atom. The molecule has 174 valence electrons. The van der Waals surface area contributed by atoms with E-state index in [9.17, 15) is 9.59 Å². The Kier molecular flexibility index (Phi) is 6.06. The molecule has 2 atom stereocenters. The van der Waals surface area contributed by atoms with E-state index in [-0.39, 0.29) is 12.3 Å². The number of methoxy groups -OCH3 is 1. The average molecular weight is 464 g/mol. The first kappa shape index (κ1) is 22.4. The van der Waals surface area contributed by atoms with E-state index in [2.05, 4.69) is 5.32 Å². The Morgan fingerprint density at radius 3 is 2.17 bits per heavy atom. The molecule has 5 heteroatoms. The average Bonchev–Trinajstić information content (AvgIpc) is 2.90. The van der Waals surface area contributed by atoms with Gasteiger partial charge in [-0.25, -0.2) is 4.79 Å². The van der Waals surface area contributed by atoms with E-state index in [0.29, 0.717) is 17.1 Å². The molecule has 0 unspecified atom stereocenters. The van der Waals surface area contributed by atoms with Gasteiger partial charge in [0.05, 0.1) is 7.11 Å². The van der Waals surface area contributed by atoms with Gasteiger partial charge in [0.15, 0.2) is 5.54 Å². The molecule has 1 heterocycles. The lowest BCUT2D eigenvalue weighted by Gasteiger charge is -2.43. The number of fused-ring (bicyclic) bond motifs is 1. The first-order valence-electron chi connectivity index (χ1n) is 11.5. The Hall–Kier alpha value is -4.38. The van der Waals surface area contributed by atoms with Crippen molar-refractivity contribution in [3.05, 3.63) is 131 Å². The maximum Gasteiger partial charge on any atom is 0.338 e. The number of carbonyl (C=O) groups is 2. The summed E-state index contributed by atoms with van der Waals surface area (Å²) < 4.78 is 11.3. The van der Waals surface area contributed by atoms with Crippen molar-refractivity contribution in [3.63, 3.8) is 0 Å². The molecule has 0 spiro atoms. The summed E-state index contributed by atoms with van der Waals surface area (Å²) in [6.07, 6.45) is 0.260. The summed E-state index contributed by atoms with van der Waals surface area (Å²) in [5.74, 6) is -0.316. The largest absolute Gasteiger partial charge is 0.497 e. The molecule has 4 aromatic carbocycles. The molecule has 35 heavy (non-hydrogen) atoms. The van der Waals surface area contributed by atoms with E-state index >= 15 is 0 Å². The molecule has 0 saturated heterocycles. The summed E-state index contributed by atoms with van der Waals surface area (Å²) in [7, 11) is 1.57. The number of ether oxygens (including phenoxy) is 2. The fourth-order valence-electron chi connectivity index (χ4n) is 4.78. The van der Waals surface area contributed by atoms with Crippen molar-refractivity contribution in [2.24, 2.45) is 0 Å². The molecule has 5 rings (SSSR count). The van der Waals surface area contributed by atoms with Crippen LogP contribution < -0.4 is 14.8 Å². The first-order chi connectivity index (χ1) is 17.1. The number of esters is 1. The Bertz CT molecular complexity index is 1340. The lowest BCUT2D eigenvalue weighted by molar-refractivity contribution is -0.143. The third-order valence-electron chi connectivity index (χ3n) is 6.42. The number of benzene rings is 4. The van der Waals surface area contributed by atoms with Crippen LogP contribution in [0.5, 0.6) is 11.5 Å². The minimum Gasteiger partial charge on any atom is -0.497 e. The zero-order valence-corrected chi connectivity index (χ0v) is 19.3. The van der Waals surface area contributed by atoms with Crippen molar-refractivity contribution in [2.45, 2.75) is 17.9 Å². The van der Waals surface area contributed by atoms with Crippen LogP contribution in [0.1, 0.15) is 33.0 Å². The maximum atomic E-state index is 14.0. The van der Waals surface area contributed by atoms with Gasteiger partial charge in [-0.3, -0.25) is 4.79 Å². The molecule has 1 amide bonds. The van der Waals surface area contributed by atoms with Crippen molar-refractivity contribution in [1.82, 2.24) is 5.32 Å². The van der Waals surface area contributed by atoms with Crippen LogP contribution in [-0.4, -0.2) is 24.5 Å². The van der Waals surface area contributed by atoms with E-state index < -0.39 is 17.4 Å². The van der Waals surface area contributed by atoms with Gasteiger partial charge in [0, 0.05) is 29.5 Å². The second-order valence-electron chi connectivity index (χ2n) is 8.59. The summed E-state index contributed by atoms with van der Waals surface area (Å²) in [4.78, 5) is 27.5. The van der Waals surface area contributed by atoms with Crippen LogP contribution in [0.25, 0.3) is 0 Å². The predicted octanol–water partition coefficient (Wildman–Crippen LogP) is 5.16. The second kappa shape index (κ2) is 9.47. The van der Waals surface area contributed by atoms with Gasteiger partial charge in [-0.05, 0) is 29.3 Å². The maximum absolute atomic E-state index is 14.0. The minimum absolute atomic E-state index is 0.260. The fraction of sp³-hybridized carbons (Fsp3) is 0.133. The molecule has 0 fully saturated rings. The topological polar surface area (TPSA) is 64.6 Å². The van der Waals surface area contributed by atoms with Crippen LogP contribution in [0.15, 0.2) is 109 Å². The van der Waals surface area contributed by atoms with Gasteiger partial charge < -0.3 is 14.8 Å². The monoisotopic (exact) mass is 463 g/mol. The van der Waals surface area contributed by atoms with Crippen LogP contribution >= 0.6 is 0 Å². The van der Waals surface area contributed by atoms with Gasteiger partial charge in [-0.15, -0.1) is 0 Å². The van der Waals surface area contributed by atoms with Crippen LogP contribution in [0.2, 0.25) is 0 Å². The van der Waals surface area contributed by atoms with Crippen molar-refractivity contribution < 1.29 is 19.1 Å². The van der Waals surface area contributed by atoms with E-state index in [4.69, 9.17) is 9.47 Å². The molecule has 1 aliphatic heterocycles. The van der Waals surface area contributed by atoms with Crippen molar-refractivity contribution in [3.8, 4) is 11.5 Å². The highest BCUT2D eigenvalue weighted by Crippen LogP contribution is 2.47. The van der Waals surface area contributed by atoms with Gasteiger partial charge in [-0.2, -0.15) is 0 Å². The van der Waals surface area contributed by atoms with E-state index in [1.807, 2.05) is 78.9 Å². The zero-order valence-electron chi connectivity index (χ0n) is 19.3. The van der Waals surface area contributed by atoms with E-state index in [0.717, 1.165) is 16.7 Å². The lowest BCUT2D eigenvalue weighted by Crippen LogP contribution is -2.63. The number of hydrogen-bond acceptors (Lipinski definition) is 4. The standard InChI is InChI=1S/C30H25NO4/c1-34-24-17-18-25-26(19-24)35-29(33)30(20-21-11-5-2-6-12-21,27(25)22-13-7-3-8-14-22)31-28(32)23-15-9-4-10-16-23/h2-19,27H,20H2,1H3,(H,31,32)/t27-,30-/m0/s1. The van der Waals surface area contributed by atoms with Gasteiger partial charge in [0.1, 0.15) is 11.5 Å². The zero-order chi connectivity index (χ0) is 24.3. The lowest BCUT2D eigenvalue weighted by atomic mass is 9.70. The molecule has 0 bridgehead atoms. The quantitative estimate of drug-likeness (QED) is 0.317. The van der Waals surface area contributed by atoms with E-state index in [1.165, 1.54) is 0 Å². The van der Waals surface area contributed by atoms with Crippen molar-refractivity contribution in [1.29, 1.82) is 0 Å². The Labute approximate surface area is 204 Å². The normalized spacial score (nSPS) is 18.8. The third kappa shape index (κ3) is 4.28. The molecule has 0 radical (unpaired) electrons. The summed E-state index contributed by atoms with van der Waals surface area (Å²) in [6, 6.07) is 33.8. The molecular weight excluding hydrogens is 438 g/mol. The highest BCUT2D eigenvalue weighted by atomic mass is 16.5. The fourth-order valence-corrected chi connectivity index (χ4v) is 4.78. The molecular formula is C30H25NO4. The van der Waals surface area contributed by atoms with Gasteiger partial charge >= 0.3 is 5.97 Å². The van der Waals surface area contributed by atoms with Gasteiger partial charge in [-0.1, -0.05) is 84.9 Å². The molecule has 0 aromatic heterocycles.